The number of hydrogen-bond donors (Lipinski definition) is 2. The molecule has 0 aliphatic carbocycles. The number of nitrogens with two attached hydrogens (primary N) is 1. The first-order valence-electron chi connectivity index (χ1n) is 6.68. The fraction of sp³-hybridized carbons (Fsp3) is 0.571. The van der Waals surface area contributed by atoms with Crippen molar-refractivity contribution in [2.24, 2.45) is 0 Å². The Morgan fingerprint density at radius 3 is 2.67 bits per heavy atom. The fourth-order valence-electron chi connectivity index (χ4n) is 2.50. The zero-order chi connectivity index (χ0) is 12.8. The topological polar surface area (TPSA) is 52.7 Å². The van der Waals surface area contributed by atoms with E-state index in [9.17, 15) is 0 Å². The lowest BCUT2D eigenvalue weighted by Crippen LogP contribution is -2.32. The van der Waals surface area contributed by atoms with Crippen LogP contribution in [0, 0.1) is 0 Å². The SMILES string of the molecule is Nc1cccc(CN2CCCN(CCO)CC2)c1. The van der Waals surface area contributed by atoms with Crippen molar-refractivity contribution in [2.75, 3.05) is 45.1 Å². The van der Waals surface area contributed by atoms with Gasteiger partial charge in [-0.1, -0.05) is 12.1 Å². The second-order valence-corrected chi connectivity index (χ2v) is 4.94. The molecule has 0 spiro atoms. The normalized spacial score (nSPS) is 18.7. The van der Waals surface area contributed by atoms with Crippen LogP contribution < -0.4 is 5.73 Å². The van der Waals surface area contributed by atoms with Crippen molar-refractivity contribution in [3.63, 3.8) is 0 Å². The van der Waals surface area contributed by atoms with E-state index in [0.29, 0.717) is 0 Å². The molecule has 0 amide bonds. The number of anilines is 1. The summed E-state index contributed by atoms with van der Waals surface area (Å²) in [6, 6.07) is 8.12. The smallest absolute Gasteiger partial charge is 0.0558 e. The third-order valence-corrected chi connectivity index (χ3v) is 3.45. The Balaban J connectivity index is 1.87. The summed E-state index contributed by atoms with van der Waals surface area (Å²) in [5.41, 5.74) is 7.92. The van der Waals surface area contributed by atoms with E-state index in [0.717, 1.165) is 45.0 Å². The predicted octanol–water partition coefficient (Wildman–Crippen LogP) is 0.769. The molecule has 1 saturated heterocycles. The van der Waals surface area contributed by atoms with E-state index < -0.39 is 0 Å². The Hall–Kier alpha value is -1.10. The molecule has 1 heterocycles. The van der Waals surface area contributed by atoms with Gasteiger partial charge in [0.05, 0.1) is 6.61 Å². The minimum absolute atomic E-state index is 0.259. The predicted molar refractivity (Wildman–Crippen MR) is 74.3 cm³/mol. The number of rotatable bonds is 4. The van der Waals surface area contributed by atoms with Gasteiger partial charge in [0.2, 0.25) is 0 Å². The molecule has 0 saturated carbocycles. The molecule has 1 aliphatic rings. The molecule has 1 fully saturated rings. The van der Waals surface area contributed by atoms with E-state index in [-0.39, 0.29) is 6.61 Å². The van der Waals surface area contributed by atoms with Gasteiger partial charge < -0.3 is 10.8 Å². The van der Waals surface area contributed by atoms with Crippen LogP contribution in [0.2, 0.25) is 0 Å². The Labute approximate surface area is 109 Å². The summed E-state index contributed by atoms with van der Waals surface area (Å²) in [6.45, 7) is 6.35. The third-order valence-electron chi connectivity index (χ3n) is 3.45. The fourth-order valence-corrected chi connectivity index (χ4v) is 2.50. The monoisotopic (exact) mass is 249 g/mol. The summed E-state index contributed by atoms with van der Waals surface area (Å²) in [5, 5.41) is 8.97. The summed E-state index contributed by atoms with van der Waals surface area (Å²) in [4.78, 5) is 4.80. The average Bonchev–Trinajstić information content (AvgIpc) is 2.56. The Morgan fingerprint density at radius 2 is 1.89 bits per heavy atom. The maximum Gasteiger partial charge on any atom is 0.0558 e. The second kappa shape index (κ2) is 6.73. The van der Waals surface area contributed by atoms with Gasteiger partial charge in [-0.3, -0.25) is 9.80 Å². The highest BCUT2D eigenvalue weighted by Gasteiger charge is 2.14. The van der Waals surface area contributed by atoms with E-state index in [1.165, 1.54) is 12.0 Å². The molecule has 100 valence electrons. The quantitative estimate of drug-likeness (QED) is 0.774. The minimum atomic E-state index is 0.259. The maximum atomic E-state index is 8.97. The van der Waals surface area contributed by atoms with Crippen LogP contribution in [0.5, 0.6) is 0 Å². The molecule has 0 aromatic heterocycles. The van der Waals surface area contributed by atoms with E-state index in [1.54, 1.807) is 0 Å². The van der Waals surface area contributed by atoms with Gasteiger partial charge in [0, 0.05) is 31.9 Å². The van der Waals surface area contributed by atoms with E-state index in [1.807, 2.05) is 12.1 Å². The van der Waals surface area contributed by atoms with E-state index in [4.69, 9.17) is 10.8 Å². The summed E-state index contributed by atoms with van der Waals surface area (Å²) >= 11 is 0. The number of hydrogen-bond acceptors (Lipinski definition) is 4. The average molecular weight is 249 g/mol. The first kappa shape index (κ1) is 13.3. The van der Waals surface area contributed by atoms with Gasteiger partial charge in [-0.25, -0.2) is 0 Å². The molecule has 1 aromatic carbocycles. The van der Waals surface area contributed by atoms with Gasteiger partial charge in [0.1, 0.15) is 0 Å². The van der Waals surface area contributed by atoms with Crippen LogP contribution in [0.15, 0.2) is 24.3 Å². The van der Waals surface area contributed by atoms with Crippen molar-refractivity contribution in [2.45, 2.75) is 13.0 Å². The highest BCUT2D eigenvalue weighted by atomic mass is 16.3. The van der Waals surface area contributed by atoms with Crippen molar-refractivity contribution in [3.05, 3.63) is 29.8 Å². The van der Waals surface area contributed by atoms with Crippen LogP contribution in [0.25, 0.3) is 0 Å². The molecule has 2 rings (SSSR count). The van der Waals surface area contributed by atoms with Crippen LogP contribution in [0.4, 0.5) is 5.69 Å². The molecule has 4 nitrogen and oxygen atoms in total. The maximum absolute atomic E-state index is 8.97. The van der Waals surface area contributed by atoms with Crippen LogP contribution in [0.1, 0.15) is 12.0 Å². The van der Waals surface area contributed by atoms with Gasteiger partial charge in [0.25, 0.3) is 0 Å². The number of aliphatic hydroxyl groups excluding tert-OH is 1. The van der Waals surface area contributed by atoms with Crippen LogP contribution in [-0.4, -0.2) is 54.2 Å². The number of β-amino-alcohol motifs (C(OH)–C–C–N with tert-alkyl or cyclic N) is 1. The molecule has 4 heteroatoms. The van der Waals surface area contributed by atoms with Gasteiger partial charge in [0.15, 0.2) is 0 Å². The highest BCUT2D eigenvalue weighted by molar-refractivity contribution is 5.40. The van der Waals surface area contributed by atoms with E-state index >= 15 is 0 Å². The summed E-state index contributed by atoms with van der Waals surface area (Å²) in [6.07, 6.45) is 1.17. The second-order valence-electron chi connectivity index (χ2n) is 4.94. The molecule has 0 atom stereocenters. The molecule has 1 aromatic rings. The number of benzene rings is 1. The molecule has 0 radical (unpaired) electrons. The van der Waals surface area contributed by atoms with Crippen molar-refractivity contribution in [3.8, 4) is 0 Å². The standard InChI is InChI=1S/C14H23N3O/c15-14-4-1-3-13(11-14)12-17-6-2-5-16(7-8-17)9-10-18/h1,3-4,11,18H,2,5-10,12,15H2. The zero-order valence-electron chi connectivity index (χ0n) is 10.9. The lowest BCUT2D eigenvalue weighted by atomic mass is 10.2. The van der Waals surface area contributed by atoms with Gasteiger partial charge in [-0.15, -0.1) is 0 Å². The van der Waals surface area contributed by atoms with Crippen molar-refractivity contribution in [1.29, 1.82) is 0 Å². The largest absolute Gasteiger partial charge is 0.399 e. The summed E-state index contributed by atoms with van der Waals surface area (Å²) < 4.78 is 0. The Bertz CT molecular complexity index is 370. The van der Waals surface area contributed by atoms with Gasteiger partial charge >= 0.3 is 0 Å². The molecule has 0 bridgehead atoms. The Morgan fingerprint density at radius 1 is 1.11 bits per heavy atom. The molecule has 1 aliphatic heterocycles. The Kier molecular flexibility index (Phi) is 4.99. The minimum Gasteiger partial charge on any atom is -0.399 e. The number of aliphatic hydroxyl groups is 1. The van der Waals surface area contributed by atoms with E-state index in [2.05, 4.69) is 21.9 Å². The molecular weight excluding hydrogens is 226 g/mol. The molecular formula is C14H23N3O. The van der Waals surface area contributed by atoms with Gasteiger partial charge in [-0.05, 0) is 37.2 Å². The van der Waals surface area contributed by atoms with Crippen LogP contribution in [-0.2, 0) is 6.54 Å². The first-order valence-corrected chi connectivity index (χ1v) is 6.68. The van der Waals surface area contributed by atoms with Crippen LogP contribution >= 0.6 is 0 Å². The summed E-state index contributed by atoms with van der Waals surface area (Å²) in [5.74, 6) is 0. The number of nitrogen functional groups attached to an aromatic ring is 1. The first-order chi connectivity index (χ1) is 8.78. The van der Waals surface area contributed by atoms with Gasteiger partial charge in [-0.2, -0.15) is 0 Å². The van der Waals surface area contributed by atoms with Crippen LogP contribution in [0.3, 0.4) is 0 Å². The lowest BCUT2D eigenvalue weighted by Gasteiger charge is -2.21. The molecule has 18 heavy (non-hydrogen) atoms. The molecule has 0 unspecified atom stereocenters. The molecule has 3 N–H and O–H groups in total. The van der Waals surface area contributed by atoms with Crippen molar-refractivity contribution in [1.82, 2.24) is 9.80 Å². The third kappa shape index (κ3) is 3.98. The summed E-state index contributed by atoms with van der Waals surface area (Å²) in [7, 11) is 0. The lowest BCUT2D eigenvalue weighted by molar-refractivity contribution is 0.196. The van der Waals surface area contributed by atoms with Crippen molar-refractivity contribution < 1.29 is 5.11 Å². The number of nitrogens with zero attached hydrogens (tertiary/aromatic N) is 2. The highest BCUT2D eigenvalue weighted by Crippen LogP contribution is 2.11. The van der Waals surface area contributed by atoms with Crippen molar-refractivity contribution >= 4 is 5.69 Å². The zero-order valence-corrected chi connectivity index (χ0v) is 10.9.